The summed E-state index contributed by atoms with van der Waals surface area (Å²) in [7, 11) is 1.68. The van der Waals surface area contributed by atoms with Gasteiger partial charge in [-0.3, -0.25) is 4.90 Å². The molecule has 1 aliphatic rings. The minimum atomic E-state index is 0.676. The first-order valence-electron chi connectivity index (χ1n) is 5.02. The molecule has 1 aliphatic heterocycles. The molecule has 84 valence electrons. The fourth-order valence-corrected chi connectivity index (χ4v) is 1.54. The minimum Gasteiger partial charge on any atom is -0.382 e. The van der Waals surface area contributed by atoms with Crippen LogP contribution < -0.4 is 0 Å². The van der Waals surface area contributed by atoms with Gasteiger partial charge in [0.05, 0.1) is 19.8 Å². The van der Waals surface area contributed by atoms with Crippen molar-refractivity contribution in [2.45, 2.75) is 0 Å². The van der Waals surface area contributed by atoms with E-state index in [4.69, 9.17) is 21.3 Å². The van der Waals surface area contributed by atoms with Gasteiger partial charge in [-0.2, -0.15) is 0 Å². The standard InChI is InChI=1S/C9H19ClN2O2/c1-13-8-9-14-7-6-11-2-4-12(10)5-3-11/h2-9H2,1H3. The van der Waals surface area contributed by atoms with Gasteiger partial charge >= 0.3 is 0 Å². The second kappa shape index (κ2) is 7.43. The number of hydrogen-bond acceptors (Lipinski definition) is 4. The summed E-state index contributed by atoms with van der Waals surface area (Å²) in [4.78, 5) is 2.37. The Morgan fingerprint density at radius 1 is 1.07 bits per heavy atom. The molecule has 0 N–H and O–H groups in total. The number of nitrogens with zero attached hydrogens (tertiary/aromatic N) is 2. The van der Waals surface area contributed by atoms with Crippen molar-refractivity contribution in [3.63, 3.8) is 0 Å². The van der Waals surface area contributed by atoms with Crippen LogP contribution in [0.25, 0.3) is 0 Å². The number of ether oxygens (including phenoxy) is 2. The van der Waals surface area contributed by atoms with Crippen LogP contribution in [0, 0.1) is 0 Å². The molecule has 5 heteroatoms. The highest BCUT2D eigenvalue weighted by Gasteiger charge is 2.14. The van der Waals surface area contributed by atoms with E-state index in [1.165, 1.54) is 0 Å². The molecule has 1 heterocycles. The van der Waals surface area contributed by atoms with Crippen LogP contribution in [-0.2, 0) is 9.47 Å². The molecule has 0 aromatic rings. The van der Waals surface area contributed by atoms with Crippen LogP contribution in [0.5, 0.6) is 0 Å². The van der Waals surface area contributed by atoms with Gasteiger partial charge in [0, 0.05) is 39.8 Å². The van der Waals surface area contributed by atoms with Gasteiger partial charge < -0.3 is 9.47 Å². The highest BCUT2D eigenvalue weighted by Crippen LogP contribution is 2.02. The lowest BCUT2D eigenvalue weighted by Crippen LogP contribution is -2.43. The van der Waals surface area contributed by atoms with Crippen LogP contribution >= 0.6 is 11.8 Å². The third-order valence-electron chi connectivity index (χ3n) is 2.30. The second-order valence-electron chi connectivity index (χ2n) is 3.36. The first-order valence-corrected chi connectivity index (χ1v) is 5.36. The van der Waals surface area contributed by atoms with Crippen molar-refractivity contribution in [3.05, 3.63) is 0 Å². The van der Waals surface area contributed by atoms with E-state index in [1.54, 1.807) is 7.11 Å². The Bertz CT molecular complexity index is 141. The maximum atomic E-state index is 5.84. The zero-order valence-electron chi connectivity index (χ0n) is 8.75. The average Bonchev–Trinajstić information content (AvgIpc) is 2.21. The van der Waals surface area contributed by atoms with Gasteiger partial charge in [0.2, 0.25) is 0 Å². The molecule has 0 radical (unpaired) electrons. The lowest BCUT2D eigenvalue weighted by atomic mass is 10.3. The highest BCUT2D eigenvalue weighted by atomic mass is 35.5. The van der Waals surface area contributed by atoms with Crippen LogP contribution in [0.15, 0.2) is 0 Å². The summed E-state index contributed by atoms with van der Waals surface area (Å²) in [6.45, 7) is 7.11. The molecule has 1 rings (SSSR count). The Labute approximate surface area is 90.8 Å². The Kier molecular flexibility index (Phi) is 6.47. The predicted molar refractivity (Wildman–Crippen MR) is 56.6 cm³/mol. The lowest BCUT2D eigenvalue weighted by molar-refractivity contribution is 0.0521. The Hall–Kier alpha value is 0.130. The molecule has 0 spiro atoms. The van der Waals surface area contributed by atoms with Gasteiger partial charge in [0.1, 0.15) is 0 Å². The van der Waals surface area contributed by atoms with E-state index >= 15 is 0 Å². The topological polar surface area (TPSA) is 24.9 Å². The summed E-state index contributed by atoms with van der Waals surface area (Å²) in [5.74, 6) is 0. The largest absolute Gasteiger partial charge is 0.382 e. The van der Waals surface area contributed by atoms with Crippen LogP contribution in [-0.4, -0.2) is 69.0 Å². The molecule has 4 nitrogen and oxygen atoms in total. The van der Waals surface area contributed by atoms with E-state index in [1.807, 2.05) is 4.42 Å². The van der Waals surface area contributed by atoms with Crippen molar-refractivity contribution in [2.24, 2.45) is 0 Å². The van der Waals surface area contributed by atoms with E-state index in [-0.39, 0.29) is 0 Å². The van der Waals surface area contributed by atoms with E-state index < -0.39 is 0 Å². The molecule has 0 aromatic carbocycles. The summed E-state index contributed by atoms with van der Waals surface area (Å²) >= 11 is 5.84. The molecule has 14 heavy (non-hydrogen) atoms. The van der Waals surface area contributed by atoms with E-state index in [2.05, 4.69) is 4.90 Å². The van der Waals surface area contributed by atoms with Gasteiger partial charge in [-0.05, 0) is 11.8 Å². The lowest BCUT2D eigenvalue weighted by Gasteiger charge is -2.30. The second-order valence-corrected chi connectivity index (χ2v) is 3.83. The molecular weight excluding hydrogens is 204 g/mol. The molecular formula is C9H19ClN2O2. The fraction of sp³-hybridized carbons (Fsp3) is 1.00. The zero-order valence-corrected chi connectivity index (χ0v) is 9.50. The summed E-state index contributed by atoms with van der Waals surface area (Å²) in [6.07, 6.45) is 0. The Morgan fingerprint density at radius 2 is 1.79 bits per heavy atom. The van der Waals surface area contributed by atoms with E-state index in [9.17, 15) is 0 Å². The third kappa shape index (κ3) is 5.12. The van der Waals surface area contributed by atoms with E-state index in [0.717, 1.165) is 39.3 Å². The Balaban J connectivity index is 1.91. The normalized spacial score (nSPS) is 20.1. The van der Waals surface area contributed by atoms with Crippen molar-refractivity contribution in [2.75, 3.05) is 59.7 Å². The SMILES string of the molecule is COCCOCCN1CCN(Cl)CC1. The molecule has 1 saturated heterocycles. The van der Waals surface area contributed by atoms with Gasteiger partial charge in [0.25, 0.3) is 0 Å². The van der Waals surface area contributed by atoms with Gasteiger partial charge in [-0.1, -0.05) is 0 Å². The fourth-order valence-electron chi connectivity index (χ4n) is 1.39. The predicted octanol–water partition coefficient (Wildman–Crippen LogP) is 0.421. The van der Waals surface area contributed by atoms with Crippen LogP contribution in [0.1, 0.15) is 0 Å². The van der Waals surface area contributed by atoms with E-state index in [0.29, 0.717) is 13.2 Å². The monoisotopic (exact) mass is 222 g/mol. The third-order valence-corrected chi connectivity index (χ3v) is 2.64. The summed E-state index contributed by atoms with van der Waals surface area (Å²) < 4.78 is 12.1. The van der Waals surface area contributed by atoms with Crippen molar-refractivity contribution >= 4 is 11.8 Å². The van der Waals surface area contributed by atoms with Crippen molar-refractivity contribution in [1.82, 2.24) is 9.32 Å². The number of methoxy groups -OCH3 is 1. The van der Waals surface area contributed by atoms with Gasteiger partial charge in [0.15, 0.2) is 0 Å². The van der Waals surface area contributed by atoms with Gasteiger partial charge in [-0.15, -0.1) is 0 Å². The maximum absolute atomic E-state index is 5.84. The maximum Gasteiger partial charge on any atom is 0.0700 e. The van der Waals surface area contributed by atoms with Gasteiger partial charge in [-0.25, -0.2) is 4.42 Å². The minimum absolute atomic E-state index is 0.676. The molecule has 0 saturated carbocycles. The first-order chi connectivity index (χ1) is 6.83. The van der Waals surface area contributed by atoms with Crippen molar-refractivity contribution in [1.29, 1.82) is 0 Å². The molecule has 0 aliphatic carbocycles. The van der Waals surface area contributed by atoms with Crippen LogP contribution in [0.2, 0.25) is 0 Å². The quantitative estimate of drug-likeness (QED) is 0.481. The molecule has 0 aromatic heterocycles. The van der Waals surface area contributed by atoms with Crippen molar-refractivity contribution in [3.8, 4) is 0 Å². The number of halogens is 1. The van der Waals surface area contributed by atoms with Crippen LogP contribution in [0.3, 0.4) is 0 Å². The number of hydrogen-bond donors (Lipinski definition) is 0. The summed E-state index contributed by atoms with van der Waals surface area (Å²) in [6, 6.07) is 0. The highest BCUT2D eigenvalue weighted by molar-refractivity contribution is 6.13. The smallest absolute Gasteiger partial charge is 0.0700 e. The molecule has 1 fully saturated rings. The Morgan fingerprint density at radius 3 is 2.43 bits per heavy atom. The first kappa shape index (κ1) is 12.2. The molecule has 0 amide bonds. The number of rotatable bonds is 6. The number of piperazine rings is 1. The zero-order chi connectivity index (χ0) is 10.2. The van der Waals surface area contributed by atoms with Crippen LogP contribution in [0.4, 0.5) is 0 Å². The average molecular weight is 223 g/mol. The molecule has 0 unspecified atom stereocenters. The van der Waals surface area contributed by atoms with Crippen molar-refractivity contribution < 1.29 is 9.47 Å². The molecule has 0 bridgehead atoms. The molecule has 0 atom stereocenters. The summed E-state index contributed by atoms with van der Waals surface area (Å²) in [5.41, 5.74) is 0. The summed E-state index contributed by atoms with van der Waals surface area (Å²) in [5, 5.41) is 0.